The normalized spacial score (nSPS) is 13.3. The van der Waals surface area contributed by atoms with E-state index in [1.165, 1.54) is 12.1 Å². The van der Waals surface area contributed by atoms with E-state index in [1.54, 1.807) is 24.3 Å². The highest BCUT2D eigenvalue weighted by Gasteiger charge is 2.18. The molecule has 0 saturated carbocycles. The lowest BCUT2D eigenvalue weighted by molar-refractivity contribution is 0.182. The fraction of sp³-hybridized carbons (Fsp3) is 0.167. The molecule has 1 heterocycles. The van der Waals surface area contributed by atoms with Gasteiger partial charge in [-0.3, -0.25) is 0 Å². The fourth-order valence-corrected chi connectivity index (χ4v) is 4.30. The van der Waals surface area contributed by atoms with Gasteiger partial charge in [-0.05, 0) is 29.8 Å². The molecule has 2 N–H and O–H groups in total. The van der Waals surface area contributed by atoms with Crippen LogP contribution in [0.2, 0.25) is 9.36 Å². The van der Waals surface area contributed by atoms with Crippen LogP contribution in [0.1, 0.15) is 11.7 Å². The number of halogens is 2. The summed E-state index contributed by atoms with van der Waals surface area (Å²) < 4.78 is 26.7. The molecule has 0 aliphatic heterocycles. The SMILES string of the molecule is O=S(=O)(NCC(O)c1cccc(Cl)c1)c1ccc(Cl)s1. The van der Waals surface area contributed by atoms with E-state index in [0.29, 0.717) is 14.9 Å². The number of aliphatic hydroxyl groups excluding tert-OH is 1. The second-order valence-electron chi connectivity index (χ2n) is 3.98. The van der Waals surface area contributed by atoms with Gasteiger partial charge in [0.05, 0.1) is 10.4 Å². The summed E-state index contributed by atoms with van der Waals surface area (Å²) in [4.78, 5) is 0. The van der Waals surface area contributed by atoms with Crippen molar-refractivity contribution in [2.45, 2.75) is 10.3 Å². The number of nitrogens with one attached hydrogen (secondary N) is 1. The highest BCUT2D eigenvalue weighted by Crippen LogP contribution is 2.25. The summed E-state index contributed by atoms with van der Waals surface area (Å²) in [6.07, 6.45) is -0.973. The molecule has 0 bridgehead atoms. The second kappa shape index (κ2) is 6.43. The molecule has 1 aromatic heterocycles. The van der Waals surface area contributed by atoms with Gasteiger partial charge in [0, 0.05) is 11.6 Å². The second-order valence-corrected chi connectivity index (χ2v) is 8.13. The number of thiophene rings is 1. The van der Waals surface area contributed by atoms with Gasteiger partial charge in [-0.25, -0.2) is 13.1 Å². The molecule has 1 atom stereocenters. The largest absolute Gasteiger partial charge is 0.387 e. The summed E-state index contributed by atoms with van der Waals surface area (Å²) in [5, 5.41) is 10.4. The van der Waals surface area contributed by atoms with Gasteiger partial charge in [-0.2, -0.15) is 0 Å². The molecule has 2 aromatic rings. The van der Waals surface area contributed by atoms with Crippen LogP contribution in [0.3, 0.4) is 0 Å². The van der Waals surface area contributed by atoms with Crippen LogP contribution in [-0.4, -0.2) is 20.1 Å². The Morgan fingerprint density at radius 1 is 1.25 bits per heavy atom. The van der Waals surface area contributed by atoms with E-state index in [0.717, 1.165) is 11.3 Å². The molecular formula is C12H11Cl2NO3S2. The zero-order valence-electron chi connectivity index (χ0n) is 10.1. The maximum atomic E-state index is 12.0. The molecule has 0 amide bonds. The van der Waals surface area contributed by atoms with Gasteiger partial charge < -0.3 is 5.11 Å². The van der Waals surface area contributed by atoms with Gasteiger partial charge in [0.25, 0.3) is 0 Å². The van der Waals surface area contributed by atoms with Gasteiger partial charge in [0.15, 0.2) is 0 Å². The third-order valence-corrected chi connectivity index (χ3v) is 5.90. The van der Waals surface area contributed by atoms with Crippen molar-refractivity contribution in [2.75, 3.05) is 6.54 Å². The lowest BCUT2D eigenvalue weighted by Gasteiger charge is -2.12. The minimum Gasteiger partial charge on any atom is -0.387 e. The van der Waals surface area contributed by atoms with Crippen LogP contribution in [0, 0.1) is 0 Å². The average molecular weight is 352 g/mol. The van der Waals surface area contributed by atoms with E-state index in [9.17, 15) is 13.5 Å². The molecule has 0 aliphatic rings. The van der Waals surface area contributed by atoms with E-state index in [4.69, 9.17) is 23.2 Å². The maximum Gasteiger partial charge on any atom is 0.250 e. The van der Waals surface area contributed by atoms with Gasteiger partial charge in [-0.15, -0.1) is 11.3 Å². The molecule has 1 unspecified atom stereocenters. The zero-order chi connectivity index (χ0) is 14.8. The van der Waals surface area contributed by atoms with Crippen molar-refractivity contribution in [3.8, 4) is 0 Å². The van der Waals surface area contributed by atoms with E-state index < -0.39 is 16.1 Å². The average Bonchev–Trinajstić information content (AvgIpc) is 2.83. The maximum absolute atomic E-state index is 12.0. The predicted octanol–water partition coefficient (Wildman–Crippen LogP) is 3.07. The van der Waals surface area contributed by atoms with E-state index in [2.05, 4.69) is 4.72 Å². The number of sulfonamides is 1. The number of benzene rings is 1. The van der Waals surface area contributed by atoms with E-state index >= 15 is 0 Å². The third kappa shape index (κ3) is 3.94. The molecule has 4 nitrogen and oxygen atoms in total. The molecule has 0 fully saturated rings. The Bertz CT molecular complexity index is 700. The van der Waals surface area contributed by atoms with Crippen LogP contribution in [0.5, 0.6) is 0 Å². The van der Waals surface area contributed by atoms with Crippen LogP contribution in [0.15, 0.2) is 40.6 Å². The Morgan fingerprint density at radius 3 is 2.60 bits per heavy atom. The molecule has 0 spiro atoms. The third-order valence-electron chi connectivity index (χ3n) is 2.51. The minimum absolute atomic E-state index is 0.112. The van der Waals surface area contributed by atoms with Crippen LogP contribution in [-0.2, 0) is 10.0 Å². The van der Waals surface area contributed by atoms with Crippen molar-refractivity contribution in [3.05, 3.63) is 51.3 Å². The predicted molar refractivity (Wildman–Crippen MR) is 80.9 cm³/mol. The van der Waals surface area contributed by atoms with Crippen LogP contribution < -0.4 is 4.72 Å². The van der Waals surface area contributed by atoms with Gasteiger partial charge >= 0.3 is 0 Å². The highest BCUT2D eigenvalue weighted by molar-refractivity contribution is 7.91. The Kier molecular flexibility index (Phi) is 5.06. The molecule has 0 aliphatic carbocycles. The smallest absolute Gasteiger partial charge is 0.250 e. The Balaban J connectivity index is 2.05. The lowest BCUT2D eigenvalue weighted by Crippen LogP contribution is -2.28. The van der Waals surface area contributed by atoms with Crippen molar-refractivity contribution >= 4 is 44.6 Å². The summed E-state index contributed by atoms with van der Waals surface area (Å²) in [6.45, 7) is -0.141. The summed E-state index contributed by atoms with van der Waals surface area (Å²) in [5.74, 6) is 0. The molecule has 0 radical (unpaired) electrons. The van der Waals surface area contributed by atoms with Crippen LogP contribution in [0.4, 0.5) is 0 Å². The van der Waals surface area contributed by atoms with Crippen molar-refractivity contribution in [1.29, 1.82) is 0 Å². The van der Waals surface area contributed by atoms with Gasteiger partial charge in [0.1, 0.15) is 4.21 Å². The zero-order valence-corrected chi connectivity index (χ0v) is 13.2. The molecule has 108 valence electrons. The first kappa shape index (κ1) is 15.8. The quantitative estimate of drug-likeness (QED) is 0.869. The van der Waals surface area contributed by atoms with Gasteiger partial charge in [0.2, 0.25) is 10.0 Å². The van der Waals surface area contributed by atoms with Crippen molar-refractivity contribution in [2.24, 2.45) is 0 Å². The molecule has 1 aromatic carbocycles. The van der Waals surface area contributed by atoms with E-state index in [1.807, 2.05) is 0 Å². The molecule has 8 heteroatoms. The monoisotopic (exact) mass is 351 g/mol. The summed E-state index contributed by atoms with van der Waals surface area (Å²) >= 11 is 12.5. The fourth-order valence-electron chi connectivity index (χ4n) is 1.53. The Morgan fingerprint density at radius 2 is 2.00 bits per heavy atom. The first-order valence-electron chi connectivity index (χ1n) is 5.57. The number of rotatable bonds is 5. The minimum atomic E-state index is -3.66. The van der Waals surface area contributed by atoms with Crippen LogP contribution >= 0.6 is 34.5 Å². The lowest BCUT2D eigenvalue weighted by atomic mass is 10.1. The summed E-state index contributed by atoms with van der Waals surface area (Å²) in [6, 6.07) is 9.55. The number of hydrogen-bond donors (Lipinski definition) is 2. The molecule has 20 heavy (non-hydrogen) atoms. The van der Waals surface area contributed by atoms with Gasteiger partial charge in [-0.1, -0.05) is 35.3 Å². The van der Waals surface area contributed by atoms with Crippen molar-refractivity contribution in [3.63, 3.8) is 0 Å². The van der Waals surface area contributed by atoms with Crippen molar-refractivity contribution in [1.82, 2.24) is 4.72 Å². The molecule has 2 rings (SSSR count). The molecular weight excluding hydrogens is 341 g/mol. The number of hydrogen-bond acceptors (Lipinski definition) is 4. The van der Waals surface area contributed by atoms with Crippen molar-refractivity contribution < 1.29 is 13.5 Å². The topological polar surface area (TPSA) is 66.4 Å². The highest BCUT2D eigenvalue weighted by atomic mass is 35.5. The summed E-state index contributed by atoms with van der Waals surface area (Å²) in [5.41, 5.74) is 0.546. The first-order valence-corrected chi connectivity index (χ1v) is 8.62. The standard InChI is InChI=1S/C12H11Cl2NO3S2/c13-9-3-1-2-8(6-9)10(16)7-15-20(17,18)12-5-4-11(14)19-12/h1-6,10,15-16H,7H2. The molecule has 0 saturated heterocycles. The van der Waals surface area contributed by atoms with Crippen LogP contribution in [0.25, 0.3) is 0 Å². The van der Waals surface area contributed by atoms with E-state index in [-0.39, 0.29) is 10.8 Å². The first-order chi connectivity index (χ1) is 9.38. The Labute approximate surface area is 131 Å². The number of aliphatic hydroxyl groups is 1. The summed E-state index contributed by atoms with van der Waals surface area (Å²) in [7, 11) is -3.66. The Hall–Kier alpha value is -0.630.